The van der Waals surface area contributed by atoms with Gasteiger partial charge < -0.3 is 5.32 Å². The van der Waals surface area contributed by atoms with Crippen LogP contribution in [0.15, 0.2) is 27.6 Å². The van der Waals surface area contributed by atoms with Gasteiger partial charge in [0.25, 0.3) is 0 Å². The van der Waals surface area contributed by atoms with Crippen LogP contribution in [0.2, 0.25) is 0 Å². The molecule has 0 aromatic heterocycles. The maximum atomic E-state index is 12.6. The van der Waals surface area contributed by atoms with Gasteiger partial charge in [-0.05, 0) is 60.4 Å². The van der Waals surface area contributed by atoms with E-state index in [-0.39, 0.29) is 18.4 Å². The first-order valence-corrected chi connectivity index (χ1v) is 8.62. The van der Waals surface area contributed by atoms with E-state index in [0.717, 1.165) is 18.4 Å². The number of nitrogens with one attached hydrogen (secondary N) is 1. The molecule has 114 valence electrons. The largest absolute Gasteiger partial charge is 0.316 e. The van der Waals surface area contributed by atoms with Crippen LogP contribution < -0.4 is 5.32 Å². The SMILES string of the molecule is CNC1CCCN(S(=O)(=O)c2ccc(C)cc2Br)C1.Cl. The fourth-order valence-electron chi connectivity index (χ4n) is 2.35. The van der Waals surface area contributed by atoms with Crippen molar-refractivity contribution in [3.8, 4) is 0 Å². The second-order valence-electron chi connectivity index (χ2n) is 4.92. The monoisotopic (exact) mass is 382 g/mol. The number of nitrogens with zero attached hydrogens (tertiary/aromatic N) is 1. The number of aryl methyl sites for hydroxylation is 1. The Kier molecular flexibility index (Phi) is 6.47. The van der Waals surface area contributed by atoms with Gasteiger partial charge in [-0.3, -0.25) is 0 Å². The summed E-state index contributed by atoms with van der Waals surface area (Å²) in [5.41, 5.74) is 1.04. The summed E-state index contributed by atoms with van der Waals surface area (Å²) in [6.45, 7) is 3.08. The van der Waals surface area contributed by atoms with Crippen LogP contribution in [-0.2, 0) is 10.0 Å². The maximum Gasteiger partial charge on any atom is 0.244 e. The smallest absolute Gasteiger partial charge is 0.244 e. The van der Waals surface area contributed by atoms with Crippen LogP contribution in [0.1, 0.15) is 18.4 Å². The number of sulfonamides is 1. The summed E-state index contributed by atoms with van der Waals surface area (Å²) in [7, 11) is -1.53. The molecule has 1 unspecified atom stereocenters. The van der Waals surface area contributed by atoms with Crippen molar-refractivity contribution in [2.24, 2.45) is 0 Å². The van der Waals surface area contributed by atoms with E-state index < -0.39 is 10.0 Å². The van der Waals surface area contributed by atoms with Crippen LogP contribution >= 0.6 is 28.3 Å². The third-order valence-corrected chi connectivity index (χ3v) is 6.34. The first kappa shape index (κ1) is 17.9. The minimum Gasteiger partial charge on any atom is -0.316 e. The molecule has 0 saturated carbocycles. The van der Waals surface area contributed by atoms with Gasteiger partial charge in [0.2, 0.25) is 10.0 Å². The summed E-state index contributed by atoms with van der Waals surface area (Å²) in [4.78, 5) is 0.356. The molecule has 1 N–H and O–H groups in total. The van der Waals surface area contributed by atoms with Crippen molar-refractivity contribution in [2.75, 3.05) is 20.1 Å². The first-order valence-electron chi connectivity index (χ1n) is 6.38. The Morgan fingerprint density at radius 2 is 2.10 bits per heavy atom. The Hall–Kier alpha value is -0.140. The molecule has 7 heteroatoms. The van der Waals surface area contributed by atoms with E-state index in [1.54, 1.807) is 10.4 Å². The van der Waals surface area contributed by atoms with E-state index >= 15 is 0 Å². The highest BCUT2D eigenvalue weighted by molar-refractivity contribution is 9.10. The molecule has 0 bridgehead atoms. The van der Waals surface area contributed by atoms with Crippen molar-refractivity contribution in [3.05, 3.63) is 28.2 Å². The predicted octanol–water partition coefficient (Wildman–Crippen LogP) is 2.55. The molecule has 0 radical (unpaired) electrons. The summed E-state index contributed by atoms with van der Waals surface area (Å²) in [6, 6.07) is 5.59. The average Bonchev–Trinajstić information content (AvgIpc) is 2.38. The molecule has 1 aromatic carbocycles. The summed E-state index contributed by atoms with van der Waals surface area (Å²) < 4.78 is 27.5. The molecule has 0 aliphatic carbocycles. The number of hydrogen-bond donors (Lipinski definition) is 1. The lowest BCUT2D eigenvalue weighted by atomic mass is 10.1. The molecule has 1 aliphatic heterocycles. The van der Waals surface area contributed by atoms with Crippen molar-refractivity contribution in [1.82, 2.24) is 9.62 Å². The van der Waals surface area contributed by atoms with Crippen molar-refractivity contribution >= 4 is 38.4 Å². The van der Waals surface area contributed by atoms with Crippen LogP contribution in [0.3, 0.4) is 0 Å². The van der Waals surface area contributed by atoms with Crippen molar-refractivity contribution in [3.63, 3.8) is 0 Å². The van der Waals surface area contributed by atoms with Gasteiger partial charge in [-0.1, -0.05) is 6.07 Å². The molecule has 1 heterocycles. The van der Waals surface area contributed by atoms with Gasteiger partial charge in [0.1, 0.15) is 0 Å². The van der Waals surface area contributed by atoms with Crippen LogP contribution in [-0.4, -0.2) is 38.9 Å². The van der Waals surface area contributed by atoms with E-state index in [9.17, 15) is 8.42 Å². The summed E-state index contributed by atoms with van der Waals surface area (Å²) in [5.74, 6) is 0. The predicted molar refractivity (Wildman–Crippen MR) is 87.0 cm³/mol. The number of piperidine rings is 1. The molecule has 20 heavy (non-hydrogen) atoms. The van der Waals surface area contributed by atoms with Crippen molar-refractivity contribution < 1.29 is 8.42 Å². The van der Waals surface area contributed by atoms with Gasteiger partial charge in [-0.2, -0.15) is 4.31 Å². The first-order chi connectivity index (χ1) is 8.95. The number of rotatable bonds is 3. The van der Waals surface area contributed by atoms with Gasteiger partial charge in [-0.25, -0.2) is 8.42 Å². The Balaban J connectivity index is 0.00000200. The highest BCUT2D eigenvalue weighted by Crippen LogP contribution is 2.27. The number of likely N-dealkylation sites (N-methyl/N-ethyl adjacent to an activating group) is 1. The van der Waals surface area contributed by atoms with E-state index in [1.165, 1.54) is 0 Å². The minimum atomic E-state index is -3.41. The summed E-state index contributed by atoms with van der Waals surface area (Å²) >= 11 is 3.36. The van der Waals surface area contributed by atoms with Crippen LogP contribution in [0.4, 0.5) is 0 Å². The standard InChI is InChI=1S/C13H19BrN2O2S.ClH/c1-10-5-6-13(12(14)8-10)19(17,18)16-7-3-4-11(9-16)15-2;/h5-6,8,11,15H,3-4,7,9H2,1-2H3;1H. The van der Waals surface area contributed by atoms with E-state index in [4.69, 9.17) is 0 Å². The molecular weight excluding hydrogens is 364 g/mol. The van der Waals surface area contributed by atoms with Crippen LogP contribution in [0.5, 0.6) is 0 Å². The molecule has 4 nitrogen and oxygen atoms in total. The summed E-state index contributed by atoms with van der Waals surface area (Å²) in [5, 5.41) is 3.16. The quantitative estimate of drug-likeness (QED) is 0.872. The second kappa shape index (κ2) is 7.22. The summed E-state index contributed by atoms with van der Waals surface area (Å²) in [6.07, 6.45) is 1.92. The third-order valence-electron chi connectivity index (χ3n) is 3.50. The lowest BCUT2D eigenvalue weighted by molar-refractivity contribution is 0.292. The Labute approximate surface area is 135 Å². The van der Waals surface area contributed by atoms with Crippen LogP contribution in [0, 0.1) is 6.92 Å². The normalized spacial score (nSPS) is 20.4. The van der Waals surface area contributed by atoms with Crippen molar-refractivity contribution in [1.29, 1.82) is 0 Å². The Morgan fingerprint density at radius 3 is 2.70 bits per heavy atom. The maximum absolute atomic E-state index is 12.6. The zero-order valence-electron chi connectivity index (χ0n) is 11.6. The molecule has 0 amide bonds. The second-order valence-corrected chi connectivity index (χ2v) is 7.69. The topological polar surface area (TPSA) is 49.4 Å². The van der Waals surface area contributed by atoms with E-state index in [2.05, 4.69) is 21.2 Å². The Bertz CT molecular complexity index is 565. The lowest BCUT2D eigenvalue weighted by Crippen LogP contribution is -2.46. The average molecular weight is 384 g/mol. The minimum absolute atomic E-state index is 0. The molecule has 0 spiro atoms. The number of benzene rings is 1. The number of hydrogen-bond acceptors (Lipinski definition) is 3. The van der Waals surface area contributed by atoms with Gasteiger partial charge in [0, 0.05) is 23.6 Å². The molecule has 1 aromatic rings. The van der Waals surface area contributed by atoms with E-state index in [1.807, 2.05) is 26.1 Å². The van der Waals surface area contributed by atoms with E-state index in [0.29, 0.717) is 22.5 Å². The molecule has 1 saturated heterocycles. The highest BCUT2D eigenvalue weighted by Gasteiger charge is 2.30. The lowest BCUT2D eigenvalue weighted by Gasteiger charge is -2.31. The third kappa shape index (κ3) is 3.74. The fourth-order valence-corrected chi connectivity index (χ4v) is 5.03. The fraction of sp³-hybridized carbons (Fsp3) is 0.538. The molecule has 1 fully saturated rings. The highest BCUT2D eigenvalue weighted by atomic mass is 79.9. The molecule has 1 aliphatic rings. The van der Waals surface area contributed by atoms with Crippen molar-refractivity contribution in [2.45, 2.75) is 30.7 Å². The van der Waals surface area contributed by atoms with Gasteiger partial charge in [0.15, 0.2) is 0 Å². The van der Waals surface area contributed by atoms with Crippen LogP contribution in [0.25, 0.3) is 0 Å². The van der Waals surface area contributed by atoms with Gasteiger partial charge >= 0.3 is 0 Å². The zero-order chi connectivity index (χ0) is 14.0. The number of halogens is 2. The molecule has 1 atom stereocenters. The Morgan fingerprint density at radius 1 is 1.40 bits per heavy atom. The van der Waals surface area contributed by atoms with Gasteiger partial charge in [0.05, 0.1) is 4.90 Å². The van der Waals surface area contributed by atoms with Gasteiger partial charge in [-0.15, -0.1) is 12.4 Å². The zero-order valence-corrected chi connectivity index (χ0v) is 14.8. The molecular formula is C13H20BrClN2O2S. The molecule has 2 rings (SSSR count).